The van der Waals surface area contributed by atoms with E-state index in [1.54, 1.807) is 12.1 Å². The topological polar surface area (TPSA) is 104 Å². The Hall–Kier alpha value is -5.30. The van der Waals surface area contributed by atoms with Crippen LogP contribution in [0.25, 0.3) is 5.57 Å². The molecule has 0 spiro atoms. The lowest BCUT2D eigenvalue weighted by Crippen LogP contribution is -2.28. The van der Waals surface area contributed by atoms with Crippen LogP contribution >= 0.6 is 0 Å². The molecule has 3 amide bonds. The molecule has 7 heteroatoms. The van der Waals surface area contributed by atoms with Crippen molar-refractivity contribution in [1.29, 1.82) is 0 Å². The fourth-order valence-corrected chi connectivity index (χ4v) is 4.54. The van der Waals surface area contributed by atoms with Crippen molar-refractivity contribution in [3.63, 3.8) is 0 Å². The molecule has 1 aliphatic carbocycles. The van der Waals surface area contributed by atoms with Gasteiger partial charge in [0.1, 0.15) is 0 Å². The lowest BCUT2D eigenvalue weighted by molar-refractivity contribution is -0.131. The van der Waals surface area contributed by atoms with Gasteiger partial charge in [0.25, 0.3) is 23.5 Å². The van der Waals surface area contributed by atoms with E-state index in [0.717, 1.165) is 22.3 Å². The molecule has 0 saturated heterocycles. The van der Waals surface area contributed by atoms with E-state index in [1.165, 1.54) is 18.2 Å². The molecule has 0 aromatic heterocycles. The summed E-state index contributed by atoms with van der Waals surface area (Å²) in [5.74, 6) is -2.43. The van der Waals surface area contributed by atoms with Gasteiger partial charge in [-0.15, -0.1) is 0 Å². The van der Waals surface area contributed by atoms with Crippen molar-refractivity contribution < 1.29 is 19.2 Å². The minimum absolute atomic E-state index is 0.0724. The SMILES string of the molecule is O=C(Nc1cc(C(=O)NCc2ccccc2)ccc1C(=O)NCc1ccccc1)C(=O)C1=CCc2ccccc21. The number of allylic oxidation sites excluding steroid dienone is 1. The normalized spacial score (nSPS) is 11.7. The maximum atomic E-state index is 13.1. The summed E-state index contributed by atoms with van der Waals surface area (Å²) in [6.45, 7) is 0.585. The molecule has 0 saturated carbocycles. The second-order valence-electron chi connectivity index (χ2n) is 9.36. The van der Waals surface area contributed by atoms with Gasteiger partial charge in [-0.25, -0.2) is 0 Å². The molecule has 0 aliphatic heterocycles. The van der Waals surface area contributed by atoms with E-state index in [2.05, 4.69) is 16.0 Å². The van der Waals surface area contributed by atoms with Gasteiger partial charge in [-0.05, 0) is 46.9 Å². The molecule has 5 rings (SSSR count). The summed E-state index contributed by atoms with van der Waals surface area (Å²) in [6, 6.07) is 30.7. The molecule has 0 bridgehead atoms. The number of hydrogen-bond donors (Lipinski definition) is 3. The number of carbonyl (C=O) groups is 4. The summed E-state index contributed by atoms with van der Waals surface area (Å²) in [5.41, 5.74) is 4.29. The maximum Gasteiger partial charge on any atom is 0.296 e. The van der Waals surface area contributed by atoms with Crippen LogP contribution in [-0.4, -0.2) is 23.5 Å². The summed E-state index contributed by atoms with van der Waals surface area (Å²) in [4.78, 5) is 52.3. The highest BCUT2D eigenvalue weighted by Gasteiger charge is 2.26. The van der Waals surface area contributed by atoms with Crippen LogP contribution < -0.4 is 16.0 Å². The molecule has 198 valence electrons. The van der Waals surface area contributed by atoms with Gasteiger partial charge in [0.15, 0.2) is 0 Å². The highest BCUT2D eigenvalue weighted by atomic mass is 16.2. The molecule has 3 N–H and O–H groups in total. The summed E-state index contributed by atoms with van der Waals surface area (Å²) in [6.07, 6.45) is 2.29. The number of hydrogen-bond acceptors (Lipinski definition) is 4. The van der Waals surface area contributed by atoms with E-state index >= 15 is 0 Å². The standard InChI is InChI=1S/C33H27N3O4/c37-30(27-17-15-24-13-7-8-14-26(24)27)33(40)36-29-19-25(31(38)34-20-22-9-3-1-4-10-22)16-18-28(29)32(39)35-21-23-11-5-2-6-12-23/h1-14,16-19H,15,20-21H2,(H,34,38)(H,35,39)(H,36,40). The second kappa shape index (κ2) is 12.0. The van der Waals surface area contributed by atoms with E-state index < -0.39 is 17.6 Å². The summed E-state index contributed by atoms with van der Waals surface area (Å²) in [7, 11) is 0. The van der Waals surface area contributed by atoms with Crippen LogP contribution in [0.4, 0.5) is 5.69 Å². The van der Waals surface area contributed by atoms with E-state index in [1.807, 2.05) is 78.9 Å². The van der Waals surface area contributed by atoms with Crippen LogP contribution in [0.15, 0.2) is 109 Å². The smallest absolute Gasteiger partial charge is 0.296 e. The number of carbonyl (C=O) groups excluding carboxylic acids is 4. The van der Waals surface area contributed by atoms with Crippen LogP contribution in [0.1, 0.15) is 43.0 Å². The predicted octanol–water partition coefficient (Wildman–Crippen LogP) is 4.69. The Labute approximate surface area is 231 Å². The Morgan fingerprint density at radius 3 is 1.93 bits per heavy atom. The number of Topliss-reactive ketones (excluding diaryl/α,β-unsaturated/α-hetero) is 1. The van der Waals surface area contributed by atoms with Crippen molar-refractivity contribution in [3.8, 4) is 0 Å². The van der Waals surface area contributed by atoms with E-state index in [-0.39, 0.29) is 29.3 Å². The molecule has 0 fully saturated rings. The average Bonchev–Trinajstić information content (AvgIpc) is 3.43. The fourth-order valence-electron chi connectivity index (χ4n) is 4.54. The summed E-state index contributed by atoms with van der Waals surface area (Å²) >= 11 is 0. The third-order valence-corrected chi connectivity index (χ3v) is 6.65. The summed E-state index contributed by atoms with van der Waals surface area (Å²) in [5, 5.41) is 8.27. The van der Waals surface area contributed by atoms with Gasteiger partial charge in [-0.2, -0.15) is 0 Å². The Morgan fingerprint density at radius 1 is 0.650 bits per heavy atom. The van der Waals surface area contributed by atoms with Gasteiger partial charge in [-0.1, -0.05) is 91.0 Å². The number of ketones is 1. The van der Waals surface area contributed by atoms with Crippen molar-refractivity contribution in [2.45, 2.75) is 19.5 Å². The van der Waals surface area contributed by atoms with E-state index in [9.17, 15) is 19.2 Å². The van der Waals surface area contributed by atoms with E-state index in [4.69, 9.17) is 0 Å². The molecule has 0 unspecified atom stereocenters. The zero-order chi connectivity index (χ0) is 27.9. The van der Waals surface area contributed by atoms with Crippen LogP contribution in [0.5, 0.6) is 0 Å². The first-order valence-electron chi connectivity index (χ1n) is 12.9. The Bertz CT molecular complexity index is 1610. The third kappa shape index (κ3) is 6.05. The van der Waals surface area contributed by atoms with Crippen LogP contribution in [0.2, 0.25) is 0 Å². The highest BCUT2D eigenvalue weighted by molar-refractivity contribution is 6.56. The quantitative estimate of drug-likeness (QED) is 0.274. The molecular formula is C33H27N3O4. The third-order valence-electron chi connectivity index (χ3n) is 6.65. The minimum atomic E-state index is -0.887. The maximum absolute atomic E-state index is 13.1. The van der Waals surface area contributed by atoms with Crippen LogP contribution in [0.3, 0.4) is 0 Å². The van der Waals surface area contributed by atoms with Gasteiger partial charge in [0, 0.05) is 24.2 Å². The number of fused-ring (bicyclic) bond motifs is 1. The fraction of sp³-hybridized carbons (Fsp3) is 0.0909. The number of rotatable bonds is 9. The van der Waals surface area contributed by atoms with Gasteiger partial charge in [-0.3, -0.25) is 19.2 Å². The minimum Gasteiger partial charge on any atom is -0.348 e. The lowest BCUT2D eigenvalue weighted by atomic mass is 10.0. The van der Waals surface area contributed by atoms with Crippen molar-refractivity contribution in [2.24, 2.45) is 0 Å². The lowest BCUT2D eigenvalue weighted by Gasteiger charge is -2.14. The average molecular weight is 530 g/mol. The molecule has 0 heterocycles. The van der Waals surface area contributed by atoms with Crippen molar-refractivity contribution >= 4 is 34.8 Å². The van der Waals surface area contributed by atoms with Crippen molar-refractivity contribution in [2.75, 3.05) is 5.32 Å². The van der Waals surface area contributed by atoms with Crippen LogP contribution in [-0.2, 0) is 29.1 Å². The van der Waals surface area contributed by atoms with Gasteiger partial charge in [0.05, 0.1) is 11.3 Å². The number of benzene rings is 4. The van der Waals surface area contributed by atoms with Gasteiger partial charge >= 0.3 is 0 Å². The largest absolute Gasteiger partial charge is 0.348 e. The van der Waals surface area contributed by atoms with Crippen molar-refractivity contribution in [3.05, 3.63) is 143 Å². The van der Waals surface area contributed by atoms with E-state index in [0.29, 0.717) is 18.5 Å². The number of amides is 3. The zero-order valence-electron chi connectivity index (χ0n) is 21.6. The Morgan fingerprint density at radius 2 is 1.25 bits per heavy atom. The monoisotopic (exact) mass is 529 g/mol. The summed E-state index contributed by atoms with van der Waals surface area (Å²) < 4.78 is 0. The first-order chi connectivity index (χ1) is 19.5. The Balaban J connectivity index is 1.37. The number of nitrogens with one attached hydrogen (secondary N) is 3. The zero-order valence-corrected chi connectivity index (χ0v) is 21.6. The number of anilines is 1. The Kier molecular flexibility index (Phi) is 7.92. The van der Waals surface area contributed by atoms with Gasteiger partial charge < -0.3 is 16.0 Å². The molecule has 0 atom stereocenters. The molecule has 40 heavy (non-hydrogen) atoms. The molecule has 4 aromatic rings. The molecule has 4 aromatic carbocycles. The first kappa shape index (κ1) is 26.3. The first-order valence-corrected chi connectivity index (χ1v) is 12.9. The second-order valence-corrected chi connectivity index (χ2v) is 9.36. The molecule has 0 radical (unpaired) electrons. The molecule has 7 nitrogen and oxygen atoms in total. The van der Waals surface area contributed by atoms with Crippen LogP contribution in [0, 0.1) is 0 Å². The highest BCUT2D eigenvalue weighted by Crippen LogP contribution is 2.28. The van der Waals surface area contributed by atoms with Gasteiger partial charge in [0.2, 0.25) is 0 Å². The molecule has 1 aliphatic rings. The van der Waals surface area contributed by atoms with Crippen molar-refractivity contribution in [1.82, 2.24) is 10.6 Å². The predicted molar refractivity (Wildman–Crippen MR) is 153 cm³/mol. The molecular weight excluding hydrogens is 502 g/mol.